The Hall–Kier alpha value is -3.29. The van der Waals surface area contributed by atoms with Crippen LogP contribution in [-0.4, -0.2) is 36.8 Å². The van der Waals surface area contributed by atoms with Crippen LogP contribution >= 0.6 is 0 Å². The number of hydrazone groups is 1. The van der Waals surface area contributed by atoms with Crippen molar-refractivity contribution in [2.75, 3.05) is 0 Å². The topological polar surface area (TPSA) is 105 Å². The second kappa shape index (κ2) is 5.84. The number of nitrogens with zero attached hydrogens (tertiary/aromatic N) is 5. The number of amides is 1. The molecule has 0 spiro atoms. The molecule has 0 bridgehead atoms. The van der Waals surface area contributed by atoms with Gasteiger partial charge in [-0.1, -0.05) is 0 Å². The van der Waals surface area contributed by atoms with Gasteiger partial charge in [-0.15, -0.1) is 5.10 Å². The number of fused-ring (bicyclic) bond motifs is 1. The molecule has 0 fully saturated rings. The van der Waals surface area contributed by atoms with Gasteiger partial charge < -0.3 is 5.11 Å². The van der Waals surface area contributed by atoms with Gasteiger partial charge in [0, 0.05) is 11.4 Å². The van der Waals surface area contributed by atoms with Crippen molar-refractivity contribution < 1.29 is 9.90 Å². The third-order valence-corrected chi connectivity index (χ3v) is 3.09. The molecule has 8 heteroatoms. The summed E-state index contributed by atoms with van der Waals surface area (Å²) in [4.78, 5) is 20.3. The van der Waals surface area contributed by atoms with E-state index in [9.17, 15) is 9.90 Å². The molecule has 3 aromatic rings. The summed E-state index contributed by atoms with van der Waals surface area (Å²) in [5.41, 5.74) is 4.74. The summed E-state index contributed by atoms with van der Waals surface area (Å²) in [5, 5.41) is 17.1. The maximum Gasteiger partial charge on any atom is 0.311 e. The van der Waals surface area contributed by atoms with E-state index in [4.69, 9.17) is 0 Å². The highest BCUT2D eigenvalue weighted by Crippen LogP contribution is 2.08. The van der Waals surface area contributed by atoms with Crippen molar-refractivity contribution in [2.24, 2.45) is 5.10 Å². The van der Waals surface area contributed by atoms with Crippen molar-refractivity contribution in [1.29, 1.82) is 0 Å². The van der Waals surface area contributed by atoms with Crippen LogP contribution in [0.3, 0.4) is 0 Å². The zero-order valence-electron chi connectivity index (χ0n) is 12.6. The van der Waals surface area contributed by atoms with Gasteiger partial charge in [0.1, 0.15) is 5.75 Å². The first kappa shape index (κ1) is 14.6. The number of rotatable bonds is 3. The highest BCUT2D eigenvalue weighted by Gasteiger charge is 2.14. The predicted molar refractivity (Wildman–Crippen MR) is 83.4 cm³/mol. The third kappa shape index (κ3) is 3.15. The normalized spacial score (nSPS) is 11.2. The smallest absolute Gasteiger partial charge is 0.311 e. The van der Waals surface area contributed by atoms with E-state index in [1.807, 2.05) is 19.9 Å². The molecule has 0 radical (unpaired) electrons. The van der Waals surface area contributed by atoms with Crippen molar-refractivity contribution >= 4 is 17.9 Å². The molecule has 0 saturated heterocycles. The molecule has 2 heterocycles. The average molecular weight is 310 g/mol. The van der Waals surface area contributed by atoms with Crippen molar-refractivity contribution in [2.45, 2.75) is 13.8 Å². The van der Waals surface area contributed by atoms with Crippen molar-refractivity contribution in [3.63, 3.8) is 0 Å². The first-order valence-electron chi connectivity index (χ1n) is 6.86. The number of benzene rings is 1. The largest absolute Gasteiger partial charge is 0.508 e. The summed E-state index contributed by atoms with van der Waals surface area (Å²) >= 11 is 0. The van der Waals surface area contributed by atoms with Crippen molar-refractivity contribution in [3.05, 3.63) is 53.1 Å². The molecule has 1 aromatic carbocycles. The molecule has 0 atom stereocenters. The summed E-state index contributed by atoms with van der Waals surface area (Å²) in [5.74, 6) is 0.00468. The van der Waals surface area contributed by atoms with Gasteiger partial charge in [-0.25, -0.2) is 14.9 Å². The van der Waals surface area contributed by atoms with E-state index in [1.54, 1.807) is 12.1 Å². The standard InChI is InChI=1S/C15H14N6O2/c1-9-7-10(2)21-15(17-9)18-13(20-21)14(23)19-16-8-11-3-5-12(22)6-4-11/h3-8,22H,1-2H3,(H,19,23). The van der Waals surface area contributed by atoms with E-state index in [0.717, 1.165) is 17.0 Å². The van der Waals surface area contributed by atoms with Gasteiger partial charge in [0.05, 0.1) is 6.21 Å². The van der Waals surface area contributed by atoms with E-state index in [1.165, 1.54) is 22.9 Å². The van der Waals surface area contributed by atoms with Crippen LogP contribution < -0.4 is 5.43 Å². The lowest BCUT2D eigenvalue weighted by molar-refractivity contribution is 0.0945. The van der Waals surface area contributed by atoms with Crippen LogP contribution in [0.25, 0.3) is 5.78 Å². The minimum absolute atomic E-state index is 0.00550. The van der Waals surface area contributed by atoms with Crippen molar-refractivity contribution in [3.8, 4) is 5.75 Å². The highest BCUT2D eigenvalue weighted by molar-refractivity contribution is 5.91. The zero-order chi connectivity index (χ0) is 16.4. The lowest BCUT2D eigenvalue weighted by Crippen LogP contribution is -2.19. The van der Waals surface area contributed by atoms with Gasteiger partial charge in [-0.05, 0) is 49.7 Å². The lowest BCUT2D eigenvalue weighted by Gasteiger charge is -1.97. The van der Waals surface area contributed by atoms with Crippen LogP contribution in [0, 0.1) is 13.8 Å². The predicted octanol–water partition coefficient (Wildman–Crippen LogP) is 1.21. The Morgan fingerprint density at radius 1 is 1.26 bits per heavy atom. The zero-order valence-corrected chi connectivity index (χ0v) is 12.6. The molecule has 2 aromatic heterocycles. The molecule has 2 N–H and O–H groups in total. The Labute approximate surface area is 131 Å². The second-order valence-corrected chi connectivity index (χ2v) is 4.98. The number of phenolic OH excluding ortho intramolecular Hbond substituents is 1. The summed E-state index contributed by atoms with van der Waals surface area (Å²) in [6.45, 7) is 3.71. The van der Waals surface area contributed by atoms with Crippen LogP contribution in [0.1, 0.15) is 27.6 Å². The lowest BCUT2D eigenvalue weighted by atomic mass is 10.2. The summed E-state index contributed by atoms with van der Waals surface area (Å²) < 4.78 is 1.51. The first-order chi connectivity index (χ1) is 11.0. The van der Waals surface area contributed by atoms with Crippen LogP contribution in [0.2, 0.25) is 0 Å². The quantitative estimate of drug-likeness (QED) is 0.559. The molecule has 0 aliphatic heterocycles. The Balaban J connectivity index is 1.75. The van der Waals surface area contributed by atoms with E-state index >= 15 is 0 Å². The summed E-state index contributed by atoms with van der Waals surface area (Å²) in [6.07, 6.45) is 1.46. The molecule has 8 nitrogen and oxygen atoms in total. The average Bonchev–Trinajstić information content (AvgIpc) is 2.93. The highest BCUT2D eigenvalue weighted by atomic mass is 16.3. The van der Waals surface area contributed by atoms with Crippen molar-refractivity contribution in [1.82, 2.24) is 25.0 Å². The van der Waals surface area contributed by atoms with Gasteiger partial charge >= 0.3 is 5.91 Å². The molecular weight excluding hydrogens is 296 g/mol. The maximum atomic E-state index is 12.0. The van der Waals surface area contributed by atoms with Gasteiger partial charge in [-0.2, -0.15) is 10.1 Å². The van der Waals surface area contributed by atoms with Crippen LogP contribution in [0.15, 0.2) is 35.4 Å². The van der Waals surface area contributed by atoms with Gasteiger partial charge in [0.2, 0.25) is 5.82 Å². The fourth-order valence-corrected chi connectivity index (χ4v) is 2.04. The summed E-state index contributed by atoms with van der Waals surface area (Å²) in [6, 6.07) is 8.26. The van der Waals surface area contributed by atoms with E-state index in [-0.39, 0.29) is 11.6 Å². The van der Waals surface area contributed by atoms with Gasteiger partial charge in [0.15, 0.2) is 0 Å². The minimum atomic E-state index is -0.525. The number of phenols is 1. The number of hydrogen-bond donors (Lipinski definition) is 2. The molecule has 0 unspecified atom stereocenters. The molecule has 0 saturated carbocycles. The molecule has 3 rings (SSSR count). The monoisotopic (exact) mass is 310 g/mol. The fourth-order valence-electron chi connectivity index (χ4n) is 2.04. The van der Waals surface area contributed by atoms with Crippen LogP contribution in [-0.2, 0) is 0 Å². The Kier molecular flexibility index (Phi) is 3.71. The van der Waals surface area contributed by atoms with E-state index in [2.05, 4.69) is 25.6 Å². The number of carbonyl (C=O) groups excluding carboxylic acids is 1. The summed E-state index contributed by atoms with van der Waals surface area (Å²) in [7, 11) is 0. The number of aromatic nitrogens is 4. The van der Waals surface area contributed by atoms with E-state index in [0.29, 0.717) is 5.78 Å². The number of aromatic hydroxyl groups is 1. The number of aryl methyl sites for hydroxylation is 2. The molecule has 0 aliphatic rings. The molecular formula is C15H14N6O2. The fraction of sp³-hybridized carbons (Fsp3) is 0.133. The van der Waals surface area contributed by atoms with E-state index < -0.39 is 5.91 Å². The molecule has 0 aliphatic carbocycles. The molecule has 23 heavy (non-hydrogen) atoms. The SMILES string of the molecule is Cc1cc(C)n2nc(C(=O)NN=Cc3ccc(O)cc3)nc2n1. The number of nitrogens with one attached hydrogen (secondary N) is 1. The molecule has 116 valence electrons. The Bertz CT molecular complexity index is 898. The first-order valence-corrected chi connectivity index (χ1v) is 6.86. The Morgan fingerprint density at radius 3 is 2.74 bits per heavy atom. The second-order valence-electron chi connectivity index (χ2n) is 4.98. The maximum absolute atomic E-state index is 12.0. The third-order valence-electron chi connectivity index (χ3n) is 3.09. The van der Waals surface area contributed by atoms with Gasteiger partial charge in [0.25, 0.3) is 5.78 Å². The number of carbonyl (C=O) groups is 1. The number of hydrogen-bond acceptors (Lipinski definition) is 6. The van der Waals surface area contributed by atoms with Crippen LogP contribution in [0.5, 0.6) is 5.75 Å². The minimum Gasteiger partial charge on any atom is -0.508 e. The van der Waals surface area contributed by atoms with Crippen LogP contribution in [0.4, 0.5) is 0 Å². The molecule has 1 amide bonds. The Morgan fingerprint density at radius 2 is 2.00 bits per heavy atom. The van der Waals surface area contributed by atoms with Gasteiger partial charge in [-0.3, -0.25) is 4.79 Å².